The SMILES string of the molecule is C=CC1=C(/C=C\CC)N(C)CC12CC2. The summed E-state index contributed by atoms with van der Waals surface area (Å²) in [4.78, 5) is 2.37. The molecule has 2 aliphatic rings. The molecule has 2 rings (SSSR count). The van der Waals surface area contributed by atoms with E-state index in [0.717, 1.165) is 6.42 Å². The molecular formula is C13H19N. The first-order valence-corrected chi connectivity index (χ1v) is 5.48. The van der Waals surface area contributed by atoms with Crippen molar-refractivity contribution in [2.75, 3.05) is 13.6 Å². The molecule has 1 fully saturated rings. The van der Waals surface area contributed by atoms with E-state index < -0.39 is 0 Å². The minimum absolute atomic E-state index is 0.490. The van der Waals surface area contributed by atoms with E-state index in [4.69, 9.17) is 0 Å². The second-order valence-corrected chi connectivity index (χ2v) is 4.45. The van der Waals surface area contributed by atoms with Crippen molar-refractivity contribution in [1.82, 2.24) is 4.90 Å². The van der Waals surface area contributed by atoms with Crippen molar-refractivity contribution >= 4 is 0 Å². The molecule has 0 radical (unpaired) electrons. The fraction of sp³-hybridized carbons (Fsp3) is 0.538. The highest BCUT2D eigenvalue weighted by Gasteiger charge is 2.50. The van der Waals surface area contributed by atoms with Gasteiger partial charge in [-0.2, -0.15) is 0 Å². The molecule has 0 N–H and O–H groups in total. The van der Waals surface area contributed by atoms with Crippen LogP contribution in [0.3, 0.4) is 0 Å². The van der Waals surface area contributed by atoms with Crippen molar-refractivity contribution in [2.24, 2.45) is 5.41 Å². The number of hydrogen-bond acceptors (Lipinski definition) is 1. The van der Waals surface area contributed by atoms with Gasteiger partial charge in [-0.05, 0) is 30.9 Å². The van der Waals surface area contributed by atoms with Gasteiger partial charge in [-0.25, -0.2) is 0 Å². The van der Waals surface area contributed by atoms with Crippen molar-refractivity contribution in [3.05, 3.63) is 36.1 Å². The largest absolute Gasteiger partial charge is 0.373 e. The molecule has 14 heavy (non-hydrogen) atoms. The summed E-state index contributed by atoms with van der Waals surface area (Å²) in [6, 6.07) is 0. The summed E-state index contributed by atoms with van der Waals surface area (Å²) < 4.78 is 0. The Labute approximate surface area is 86.8 Å². The van der Waals surface area contributed by atoms with Crippen molar-refractivity contribution in [1.29, 1.82) is 0 Å². The van der Waals surface area contributed by atoms with E-state index in [1.54, 1.807) is 0 Å². The summed E-state index contributed by atoms with van der Waals surface area (Å²) in [5, 5.41) is 0. The van der Waals surface area contributed by atoms with Gasteiger partial charge in [-0.15, -0.1) is 0 Å². The van der Waals surface area contributed by atoms with Crippen LogP contribution in [0.25, 0.3) is 0 Å². The van der Waals surface area contributed by atoms with E-state index in [1.807, 2.05) is 0 Å². The zero-order valence-corrected chi connectivity index (χ0v) is 9.21. The molecule has 1 saturated carbocycles. The highest BCUT2D eigenvalue weighted by molar-refractivity contribution is 5.44. The van der Waals surface area contributed by atoms with Gasteiger partial charge in [0.05, 0.1) is 0 Å². The molecule has 0 saturated heterocycles. The Morgan fingerprint density at radius 3 is 2.71 bits per heavy atom. The van der Waals surface area contributed by atoms with Crippen LogP contribution in [-0.4, -0.2) is 18.5 Å². The van der Waals surface area contributed by atoms with Crippen LogP contribution in [0.1, 0.15) is 26.2 Å². The van der Waals surface area contributed by atoms with E-state index in [1.165, 1.54) is 30.7 Å². The van der Waals surface area contributed by atoms with Crippen LogP contribution >= 0.6 is 0 Å². The minimum Gasteiger partial charge on any atom is -0.373 e. The summed E-state index contributed by atoms with van der Waals surface area (Å²) in [5.74, 6) is 0. The van der Waals surface area contributed by atoms with E-state index in [9.17, 15) is 0 Å². The van der Waals surface area contributed by atoms with E-state index in [0.29, 0.717) is 5.41 Å². The van der Waals surface area contributed by atoms with E-state index >= 15 is 0 Å². The fourth-order valence-corrected chi connectivity index (χ4v) is 2.45. The molecular weight excluding hydrogens is 170 g/mol. The number of allylic oxidation sites excluding steroid dienone is 3. The zero-order chi connectivity index (χ0) is 10.2. The fourth-order valence-electron chi connectivity index (χ4n) is 2.45. The average Bonchev–Trinajstić information content (AvgIpc) is 2.86. The van der Waals surface area contributed by atoms with Gasteiger partial charge in [0.2, 0.25) is 0 Å². The minimum atomic E-state index is 0.490. The van der Waals surface area contributed by atoms with Gasteiger partial charge < -0.3 is 4.90 Å². The lowest BCUT2D eigenvalue weighted by Gasteiger charge is -2.13. The second kappa shape index (κ2) is 3.30. The van der Waals surface area contributed by atoms with Gasteiger partial charge >= 0.3 is 0 Å². The van der Waals surface area contributed by atoms with Crippen LogP contribution < -0.4 is 0 Å². The Balaban J connectivity index is 2.32. The van der Waals surface area contributed by atoms with Crippen LogP contribution in [0.5, 0.6) is 0 Å². The predicted molar refractivity (Wildman–Crippen MR) is 61.0 cm³/mol. The lowest BCUT2D eigenvalue weighted by Crippen LogP contribution is -2.16. The molecule has 1 aliphatic heterocycles. The molecule has 0 bridgehead atoms. The third-order valence-corrected chi connectivity index (χ3v) is 3.37. The van der Waals surface area contributed by atoms with Crippen LogP contribution in [0.2, 0.25) is 0 Å². The molecule has 1 spiro atoms. The van der Waals surface area contributed by atoms with E-state index in [2.05, 4.69) is 43.7 Å². The van der Waals surface area contributed by atoms with Crippen LogP contribution in [0.4, 0.5) is 0 Å². The van der Waals surface area contributed by atoms with Crippen molar-refractivity contribution in [3.63, 3.8) is 0 Å². The highest BCUT2D eigenvalue weighted by atomic mass is 15.1. The molecule has 0 aromatic rings. The summed E-state index contributed by atoms with van der Waals surface area (Å²) in [7, 11) is 2.19. The van der Waals surface area contributed by atoms with Gasteiger partial charge in [-0.1, -0.05) is 25.7 Å². The normalized spacial score (nSPS) is 24.0. The molecule has 0 unspecified atom stereocenters. The molecule has 1 nitrogen and oxygen atoms in total. The maximum atomic E-state index is 3.95. The first-order chi connectivity index (χ1) is 6.73. The quantitative estimate of drug-likeness (QED) is 0.659. The Morgan fingerprint density at radius 1 is 1.50 bits per heavy atom. The topological polar surface area (TPSA) is 3.24 Å². The lowest BCUT2D eigenvalue weighted by molar-refractivity contribution is 0.409. The molecule has 1 heteroatoms. The molecule has 76 valence electrons. The van der Waals surface area contributed by atoms with Crippen LogP contribution in [0, 0.1) is 5.41 Å². The van der Waals surface area contributed by atoms with Gasteiger partial charge in [-0.3, -0.25) is 0 Å². The maximum Gasteiger partial charge on any atom is 0.0399 e. The summed E-state index contributed by atoms with van der Waals surface area (Å²) in [5.41, 5.74) is 3.35. The number of hydrogen-bond donors (Lipinski definition) is 0. The standard InChI is InChI=1S/C13H19N/c1-4-6-7-12-11(5-2)13(8-9-13)10-14(12)3/h5-7H,2,4,8-10H2,1,3H3/b7-6-. The first kappa shape index (κ1) is 9.57. The van der Waals surface area contributed by atoms with Gasteiger partial charge in [0.25, 0.3) is 0 Å². The number of nitrogens with zero attached hydrogens (tertiary/aromatic N) is 1. The Kier molecular flexibility index (Phi) is 2.26. The Morgan fingerprint density at radius 2 is 2.21 bits per heavy atom. The predicted octanol–water partition coefficient (Wildman–Crippen LogP) is 3.12. The van der Waals surface area contributed by atoms with E-state index in [-0.39, 0.29) is 0 Å². The average molecular weight is 189 g/mol. The van der Waals surface area contributed by atoms with Crippen LogP contribution in [0.15, 0.2) is 36.1 Å². The van der Waals surface area contributed by atoms with Crippen molar-refractivity contribution in [2.45, 2.75) is 26.2 Å². The smallest absolute Gasteiger partial charge is 0.0399 e. The summed E-state index contributed by atoms with van der Waals surface area (Å²) in [6.45, 7) is 7.32. The number of likely N-dealkylation sites (N-methyl/N-ethyl adjacent to an activating group) is 1. The molecule has 0 atom stereocenters. The summed E-state index contributed by atoms with van der Waals surface area (Å²) in [6.07, 6.45) is 10.4. The molecule has 0 amide bonds. The summed E-state index contributed by atoms with van der Waals surface area (Å²) >= 11 is 0. The van der Waals surface area contributed by atoms with Crippen LogP contribution in [-0.2, 0) is 0 Å². The zero-order valence-electron chi connectivity index (χ0n) is 9.21. The number of rotatable bonds is 3. The van der Waals surface area contributed by atoms with Gasteiger partial charge in [0, 0.05) is 24.7 Å². The van der Waals surface area contributed by atoms with Gasteiger partial charge in [0.1, 0.15) is 0 Å². The second-order valence-electron chi connectivity index (χ2n) is 4.45. The third kappa shape index (κ3) is 1.31. The van der Waals surface area contributed by atoms with Gasteiger partial charge in [0.15, 0.2) is 0 Å². The Bertz CT molecular complexity index is 305. The highest BCUT2D eigenvalue weighted by Crippen LogP contribution is 2.57. The molecule has 1 aliphatic carbocycles. The van der Waals surface area contributed by atoms with Crippen molar-refractivity contribution < 1.29 is 0 Å². The maximum absolute atomic E-state index is 3.95. The van der Waals surface area contributed by atoms with Crippen molar-refractivity contribution in [3.8, 4) is 0 Å². The molecule has 1 heterocycles. The first-order valence-electron chi connectivity index (χ1n) is 5.48. The Hall–Kier alpha value is -0.980. The third-order valence-electron chi connectivity index (χ3n) is 3.37. The lowest BCUT2D eigenvalue weighted by atomic mass is 9.98. The molecule has 0 aromatic heterocycles. The molecule has 0 aromatic carbocycles. The monoisotopic (exact) mass is 189 g/mol.